The number of fused-ring (bicyclic) bond motifs is 1. The zero-order chi connectivity index (χ0) is 20.3. The molecular formula is C19H19ClN2O5S. The first-order chi connectivity index (χ1) is 13.2. The number of rotatable bonds is 5. The summed E-state index contributed by atoms with van der Waals surface area (Å²) in [6.45, 7) is 2.65. The quantitative estimate of drug-likeness (QED) is 0.720. The van der Waals surface area contributed by atoms with E-state index in [0.717, 1.165) is 11.8 Å². The smallest absolute Gasteiger partial charge is 0.248 e. The Labute approximate surface area is 168 Å². The van der Waals surface area contributed by atoms with E-state index in [-0.39, 0.29) is 5.91 Å². The van der Waals surface area contributed by atoms with Gasteiger partial charge in [0.15, 0.2) is 11.5 Å². The number of anilines is 2. The number of carbonyl (C=O) groups is 1. The Morgan fingerprint density at radius 1 is 1.18 bits per heavy atom. The van der Waals surface area contributed by atoms with Crippen LogP contribution in [-0.2, 0) is 14.8 Å². The van der Waals surface area contributed by atoms with Gasteiger partial charge in [-0.2, -0.15) is 0 Å². The number of amides is 1. The molecule has 0 saturated carbocycles. The van der Waals surface area contributed by atoms with Crippen LogP contribution in [0.15, 0.2) is 36.4 Å². The maximum absolute atomic E-state index is 12.2. The summed E-state index contributed by atoms with van der Waals surface area (Å²) in [6.07, 6.45) is 4.02. The molecule has 2 N–H and O–H groups in total. The summed E-state index contributed by atoms with van der Waals surface area (Å²) in [7, 11) is -3.41. The zero-order valence-electron chi connectivity index (χ0n) is 15.3. The summed E-state index contributed by atoms with van der Waals surface area (Å²) in [5.74, 6) is 0.661. The van der Waals surface area contributed by atoms with Crippen LogP contribution in [0.4, 0.5) is 11.4 Å². The first-order valence-corrected chi connectivity index (χ1v) is 10.6. The van der Waals surface area contributed by atoms with Crippen LogP contribution in [-0.4, -0.2) is 33.8 Å². The molecule has 1 heterocycles. The SMILES string of the molecule is Cc1ccc(NC(=O)/C=C/c2cc(Cl)c3c(c2)OCCO3)cc1NS(C)(=O)=O. The third-order valence-electron chi connectivity index (χ3n) is 3.85. The molecular weight excluding hydrogens is 404 g/mol. The minimum atomic E-state index is -3.41. The second kappa shape index (κ2) is 8.12. The Hall–Kier alpha value is -2.71. The van der Waals surface area contributed by atoms with Crippen LogP contribution in [0.5, 0.6) is 11.5 Å². The average Bonchev–Trinajstić information content (AvgIpc) is 2.62. The molecule has 0 aromatic heterocycles. The number of hydrogen-bond donors (Lipinski definition) is 2. The number of sulfonamides is 1. The summed E-state index contributed by atoms with van der Waals surface area (Å²) >= 11 is 6.18. The topological polar surface area (TPSA) is 93.7 Å². The molecule has 148 valence electrons. The van der Waals surface area contributed by atoms with Crippen molar-refractivity contribution in [1.82, 2.24) is 0 Å². The van der Waals surface area contributed by atoms with E-state index in [4.69, 9.17) is 21.1 Å². The van der Waals surface area contributed by atoms with Gasteiger partial charge >= 0.3 is 0 Å². The van der Waals surface area contributed by atoms with Crippen molar-refractivity contribution >= 4 is 45.0 Å². The summed E-state index contributed by atoms with van der Waals surface area (Å²) in [6, 6.07) is 8.38. The van der Waals surface area contributed by atoms with Crippen molar-refractivity contribution in [2.75, 3.05) is 29.5 Å². The number of carbonyl (C=O) groups excluding carboxylic acids is 1. The van der Waals surface area contributed by atoms with Gasteiger partial charge in [-0.25, -0.2) is 8.42 Å². The standard InChI is InChI=1S/C19H19ClN2O5S/c1-12-3-5-14(11-16(12)22-28(2,24)25)21-18(23)6-4-13-9-15(20)19-17(10-13)26-7-8-27-19/h3-6,9-11,22H,7-8H2,1-2H3,(H,21,23)/b6-4+. The molecule has 9 heteroatoms. The molecule has 3 rings (SSSR count). The molecule has 1 amide bonds. The van der Waals surface area contributed by atoms with Crippen molar-refractivity contribution in [2.45, 2.75) is 6.92 Å². The Kier molecular flexibility index (Phi) is 5.81. The molecule has 2 aromatic carbocycles. The van der Waals surface area contributed by atoms with E-state index >= 15 is 0 Å². The Morgan fingerprint density at radius 2 is 1.93 bits per heavy atom. The van der Waals surface area contributed by atoms with E-state index < -0.39 is 10.0 Å². The molecule has 0 saturated heterocycles. The minimum absolute atomic E-state index is 0.375. The van der Waals surface area contributed by atoms with Crippen molar-refractivity contribution in [3.05, 3.63) is 52.6 Å². The van der Waals surface area contributed by atoms with Crippen LogP contribution < -0.4 is 19.5 Å². The maximum Gasteiger partial charge on any atom is 0.248 e. The van der Waals surface area contributed by atoms with E-state index in [1.165, 1.54) is 6.08 Å². The predicted octanol–water partition coefficient (Wildman–Crippen LogP) is 3.44. The lowest BCUT2D eigenvalue weighted by atomic mass is 10.1. The Bertz CT molecular complexity index is 1050. The predicted molar refractivity (Wildman–Crippen MR) is 110 cm³/mol. The number of ether oxygens (including phenoxy) is 2. The van der Waals surface area contributed by atoms with E-state index in [1.807, 2.05) is 0 Å². The molecule has 7 nitrogen and oxygen atoms in total. The first-order valence-electron chi connectivity index (χ1n) is 8.38. The molecule has 0 fully saturated rings. The molecule has 0 aliphatic carbocycles. The highest BCUT2D eigenvalue weighted by atomic mass is 35.5. The molecule has 0 bridgehead atoms. The molecule has 0 unspecified atom stereocenters. The van der Waals surface area contributed by atoms with E-state index in [9.17, 15) is 13.2 Å². The second-order valence-corrected chi connectivity index (χ2v) is 8.41. The molecule has 0 spiro atoms. The van der Waals surface area contributed by atoms with Crippen LogP contribution in [0.3, 0.4) is 0 Å². The number of hydrogen-bond acceptors (Lipinski definition) is 5. The number of nitrogens with one attached hydrogen (secondary N) is 2. The number of benzene rings is 2. The van der Waals surface area contributed by atoms with Crippen LogP contribution >= 0.6 is 11.6 Å². The van der Waals surface area contributed by atoms with Crippen molar-refractivity contribution in [3.63, 3.8) is 0 Å². The fourth-order valence-corrected chi connectivity index (χ4v) is 3.49. The van der Waals surface area contributed by atoms with Crippen LogP contribution in [0, 0.1) is 6.92 Å². The lowest BCUT2D eigenvalue weighted by Gasteiger charge is -2.19. The van der Waals surface area contributed by atoms with Crippen molar-refractivity contribution in [1.29, 1.82) is 0 Å². The van der Waals surface area contributed by atoms with E-state index in [0.29, 0.717) is 46.7 Å². The summed E-state index contributed by atoms with van der Waals surface area (Å²) in [4.78, 5) is 12.2. The van der Waals surface area contributed by atoms with Gasteiger partial charge in [-0.05, 0) is 48.4 Å². The van der Waals surface area contributed by atoms with Gasteiger partial charge in [0, 0.05) is 11.8 Å². The van der Waals surface area contributed by atoms with Gasteiger partial charge in [-0.15, -0.1) is 0 Å². The maximum atomic E-state index is 12.2. The highest BCUT2D eigenvalue weighted by Crippen LogP contribution is 2.38. The monoisotopic (exact) mass is 422 g/mol. The van der Waals surface area contributed by atoms with Gasteiger partial charge in [-0.3, -0.25) is 9.52 Å². The van der Waals surface area contributed by atoms with E-state index in [2.05, 4.69) is 10.0 Å². The Balaban J connectivity index is 1.72. The summed E-state index contributed by atoms with van der Waals surface area (Å²) in [5, 5.41) is 3.10. The Morgan fingerprint density at radius 3 is 2.68 bits per heavy atom. The van der Waals surface area contributed by atoms with Crippen LogP contribution in [0.1, 0.15) is 11.1 Å². The fraction of sp³-hybridized carbons (Fsp3) is 0.211. The van der Waals surface area contributed by atoms with E-state index in [1.54, 1.807) is 43.3 Å². The third-order valence-corrected chi connectivity index (χ3v) is 4.72. The van der Waals surface area contributed by atoms with Crippen molar-refractivity contribution in [2.24, 2.45) is 0 Å². The highest BCUT2D eigenvalue weighted by molar-refractivity contribution is 7.92. The largest absolute Gasteiger partial charge is 0.486 e. The van der Waals surface area contributed by atoms with Gasteiger partial charge in [-0.1, -0.05) is 17.7 Å². The molecule has 1 aliphatic heterocycles. The second-order valence-electron chi connectivity index (χ2n) is 6.25. The normalized spacial score (nSPS) is 13.4. The first kappa shape index (κ1) is 20.0. The number of halogens is 1. The molecule has 0 radical (unpaired) electrons. The lowest BCUT2D eigenvalue weighted by Crippen LogP contribution is -2.15. The van der Waals surface area contributed by atoms with Crippen LogP contribution in [0.25, 0.3) is 6.08 Å². The highest BCUT2D eigenvalue weighted by Gasteiger charge is 2.16. The van der Waals surface area contributed by atoms with Gasteiger partial charge in [0.25, 0.3) is 0 Å². The number of aryl methyl sites for hydroxylation is 1. The van der Waals surface area contributed by atoms with Gasteiger partial charge in [0.1, 0.15) is 13.2 Å². The van der Waals surface area contributed by atoms with Gasteiger partial charge in [0.05, 0.1) is 17.0 Å². The zero-order valence-corrected chi connectivity index (χ0v) is 16.9. The van der Waals surface area contributed by atoms with Gasteiger partial charge < -0.3 is 14.8 Å². The van der Waals surface area contributed by atoms with Gasteiger partial charge in [0.2, 0.25) is 15.9 Å². The third kappa shape index (κ3) is 5.17. The summed E-state index contributed by atoms with van der Waals surface area (Å²) < 4.78 is 36.3. The van der Waals surface area contributed by atoms with Crippen LogP contribution in [0.2, 0.25) is 5.02 Å². The molecule has 28 heavy (non-hydrogen) atoms. The summed E-state index contributed by atoms with van der Waals surface area (Å²) in [5.41, 5.74) is 2.30. The fourth-order valence-electron chi connectivity index (χ4n) is 2.59. The molecule has 0 atom stereocenters. The van der Waals surface area contributed by atoms with Crippen molar-refractivity contribution < 1.29 is 22.7 Å². The molecule has 2 aromatic rings. The molecule has 1 aliphatic rings. The van der Waals surface area contributed by atoms with Crippen molar-refractivity contribution in [3.8, 4) is 11.5 Å². The minimum Gasteiger partial charge on any atom is -0.486 e. The average molecular weight is 423 g/mol. The lowest BCUT2D eigenvalue weighted by molar-refractivity contribution is -0.111.